The average Bonchev–Trinajstić information content (AvgIpc) is 2.81. The summed E-state index contributed by atoms with van der Waals surface area (Å²) in [7, 11) is 0. The molecule has 0 amide bonds. The molecule has 3 N–H and O–H groups in total. The first-order chi connectivity index (χ1) is 9.17. The molecule has 0 aliphatic rings. The molecule has 2 rings (SSSR count). The van der Waals surface area contributed by atoms with Crippen LogP contribution in [0.1, 0.15) is 18.7 Å². The van der Waals surface area contributed by atoms with E-state index in [1.807, 2.05) is 13.0 Å². The van der Waals surface area contributed by atoms with Crippen LogP contribution in [0.3, 0.4) is 0 Å². The standard InChI is InChI=1S/C12H17N5OS/c1-3-18-12-16-10(13)15-11(17-12)14-8(2)7-9-5-4-6-19-9/h4-6,8H,3,7H2,1-2H3,(H3,13,14,15,16,17). The van der Waals surface area contributed by atoms with E-state index in [1.54, 1.807) is 11.3 Å². The van der Waals surface area contributed by atoms with Crippen LogP contribution >= 0.6 is 11.3 Å². The van der Waals surface area contributed by atoms with Crippen molar-refractivity contribution in [2.45, 2.75) is 26.3 Å². The van der Waals surface area contributed by atoms with E-state index in [-0.39, 0.29) is 18.0 Å². The maximum atomic E-state index is 5.62. The Morgan fingerprint density at radius 2 is 2.26 bits per heavy atom. The van der Waals surface area contributed by atoms with Gasteiger partial charge in [-0.2, -0.15) is 15.0 Å². The number of anilines is 2. The van der Waals surface area contributed by atoms with Crippen molar-refractivity contribution in [3.05, 3.63) is 22.4 Å². The maximum Gasteiger partial charge on any atom is 0.323 e. The zero-order valence-electron chi connectivity index (χ0n) is 11.0. The molecule has 0 aromatic carbocycles. The zero-order valence-corrected chi connectivity index (χ0v) is 11.8. The van der Waals surface area contributed by atoms with Gasteiger partial charge in [0.2, 0.25) is 11.9 Å². The molecular weight excluding hydrogens is 262 g/mol. The van der Waals surface area contributed by atoms with Crippen LogP contribution in [-0.2, 0) is 6.42 Å². The lowest BCUT2D eigenvalue weighted by Crippen LogP contribution is -2.20. The Morgan fingerprint density at radius 1 is 1.42 bits per heavy atom. The molecule has 0 radical (unpaired) electrons. The molecule has 102 valence electrons. The number of nitrogen functional groups attached to an aromatic ring is 1. The summed E-state index contributed by atoms with van der Waals surface area (Å²) in [4.78, 5) is 13.4. The fraction of sp³-hybridized carbons (Fsp3) is 0.417. The average molecular weight is 279 g/mol. The number of thiophene rings is 1. The van der Waals surface area contributed by atoms with Crippen LogP contribution in [0, 0.1) is 0 Å². The second-order valence-corrected chi connectivity index (χ2v) is 5.09. The number of nitrogens with zero attached hydrogens (tertiary/aromatic N) is 3. The van der Waals surface area contributed by atoms with Gasteiger partial charge in [0.05, 0.1) is 6.61 Å². The molecule has 2 aromatic heterocycles. The van der Waals surface area contributed by atoms with Crippen molar-refractivity contribution in [1.29, 1.82) is 0 Å². The highest BCUT2D eigenvalue weighted by Crippen LogP contribution is 2.14. The van der Waals surface area contributed by atoms with Crippen LogP contribution in [0.15, 0.2) is 17.5 Å². The number of nitrogens with one attached hydrogen (secondary N) is 1. The van der Waals surface area contributed by atoms with Gasteiger partial charge in [-0.05, 0) is 25.3 Å². The van der Waals surface area contributed by atoms with Gasteiger partial charge in [0.15, 0.2) is 0 Å². The van der Waals surface area contributed by atoms with Crippen LogP contribution in [0.5, 0.6) is 6.01 Å². The molecule has 1 atom stereocenters. The summed E-state index contributed by atoms with van der Waals surface area (Å²) in [5, 5.41) is 5.27. The van der Waals surface area contributed by atoms with Crippen molar-refractivity contribution in [2.24, 2.45) is 0 Å². The van der Waals surface area contributed by atoms with Crippen LogP contribution in [0.2, 0.25) is 0 Å². The number of rotatable bonds is 6. The zero-order chi connectivity index (χ0) is 13.7. The molecule has 0 aliphatic heterocycles. The summed E-state index contributed by atoms with van der Waals surface area (Å²) in [6, 6.07) is 4.60. The Hall–Kier alpha value is -1.89. The molecule has 19 heavy (non-hydrogen) atoms. The SMILES string of the molecule is CCOc1nc(N)nc(NC(C)Cc2cccs2)n1. The van der Waals surface area contributed by atoms with E-state index in [0.29, 0.717) is 12.6 Å². The quantitative estimate of drug-likeness (QED) is 0.840. The molecule has 1 unspecified atom stereocenters. The van der Waals surface area contributed by atoms with Crippen LogP contribution in [-0.4, -0.2) is 27.6 Å². The van der Waals surface area contributed by atoms with E-state index in [1.165, 1.54) is 4.88 Å². The van der Waals surface area contributed by atoms with Crippen molar-refractivity contribution in [1.82, 2.24) is 15.0 Å². The molecule has 0 saturated carbocycles. The van der Waals surface area contributed by atoms with Crippen molar-refractivity contribution >= 4 is 23.2 Å². The number of nitrogens with two attached hydrogens (primary N) is 1. The Bertz CT molecular complexity index is 517. The fourth-order valence-corrected chi connectivity index (χ4v) is 2.47. The normalized spacial score (nSPS) is 12.1. The molecule has 0 fully saturated rings. The van der Waals surface area contributed by atoms with Crippen molar-refractivity contribution in [2.75, 3.05) is 17.7 Å². The second kappa shape index (κ2) is 6.33. The Morgan fingerprint density at radius 3 is 2.95 bits per heavy atom. The smallest absolute Gasteiger partial charge is 0.323 e. The second-order valence-electron chi connectivity index (χ2n) is 4.06. The highest BCUT2D eigenvalue weighted by molar-refractivity contribution is 7.09. The Balaban J connectivity index is 2.01. The first kappa shape index (κ1) is 13.5. The maximum absolute atomic E-state index is 5.62. The Labute approximate surface area is 116 Å². The summed E-state index contributed by atoms with van der Waals surface area (Å²) in [6.45, 7) is 4.43. The minimum absolute atomic E-state index is 0.157. The first-order valence-corrected chi connectivity index (χ1v) is 6.98. The number of hydrogen-bond donors (Lipinski definition) is 2. The highest BCUT2D eigenvalue weighted by Gasteiger charge is 2.09. The van der Waals surface area contributed by atoms with Gasteiger partial charge in [0.25, 0.3) is 0 Å². The lowest BCUT2D eigenvalue weighted by atomic mass is 10.2. The van der Waals surface area contributed by atoms with E-state index in [4.69, 9.17) is 10.5 Å². The Kier molecular flexibility index (Phi) is 4.51. The van der Waals surface area contributed by atoms with E-state index in [9.17, 15) is 0 Å². The molecule has 6 nitrogen and oxygen atoms in total. The third-order valence-corrected chi connectivity index (χ3v) is 3.27. The van der Waals surface area contributed by atoms with E-state index in [0.717, 1.165) is 6.42 Å². The van der Waals surface area contributed by atoms with Gasteiger partial charge in [-0.25, -0.2) is 0 Å². The lowest BCUT2D eigenvalue weighted by molar-refractivity contribution is 0.312. The predicted molar refractivity (Wildman–Crippen MR) is 76.5 cm³/mol. The topological polar surface area (TPSA) is 86.0 Å². The highest BCUT2D eigenvalue weighted by atomic mass is 32.1. The van der Waals surface area contributed by atoms with Crippen LogP contribution < -0.4 is 15.8 Å². The van der Waals surface area contributed by atoms with E-state index in [2.05, 4.69) is 38.6 Å². The third-order valence-electron chi connectivity index (χ3n) is 2.37. The van der Waals surface area contributed by atoms with Gasteiger partial charge in [-0.3, -0.25) is 0 Å². The predicted octanol–water partition coefficient (Wildman–Crippen LogP) is 1.96. The summed E-state index contributed by atoms with van der Waals surface area (Å²) in [5.41, 5.74) is 5.62. The van der Waals surface area contributed by atoms with Crippen molar-refractivity contribution < 1.29 is 4.74 Å². The molecule has 0 bridgehead atoms. The van der Waals surface area contributed by atoms with E-state index < -0.39 is 0 Å². The number of ether oxygens (including phenoxy) is 1. The summed E-state index contributed by atoms with van der Waals surface area (Å²) in [5.74, 6) is 0.601. The summed E-state index contributed by atoms with van der Waals surface area (Å²) >= 11 is 1.73. The van der Waals surface area contributed by atoms with Gasteiger partial charge >= 0.3 is 6.01 Å². The van der Waals surface area contributed by atoms with Crippen molar-refractivity contribution in [3.63, 3.8) is 0 Å². The van der Waals surface area contributed by atoms with Crippen LogP contribution in [0.25, 0.3) is 0 Å². The minimum Gasteiger partial charge on any atom is -0.464 e. The van der Waals surface area contributed by atoms with E-state index >= 15 is 0 Å². The third kappa shape index (κ3) is 4.06. The molecule has 0 aliphatic carbocycles. The minimum atomic E-state index is 0.157. The van der Waals surface area contributed by atoms with Crippen LogP contribution in [0.4, 0.5) is 11.9 Å². The molecule has 0 saturated heterocycles. The lowest BCUT2D eigenvalue weighted by Gasteiger charge is -2.13. The largest absolute Gasteiger partial charge is 0.464 e. The molecule has 7 heteroatoms. The number of hydrogen-bond acceptors (Lipinski definition) is 7. The van der Waals surface area contributed by atoms with Gasteiger partial charge in [0, 0.05) is 17.3 Å². The van der Waals surface area contributed by atoms with Gasteiger partial charge in [-0.15, -0.1) is 11.3 Å². The fourth-order valence-electron chi connectivity index (χ4n) is 1.63. The van der Waals surface area contributed by atoms with Gasteiger partial charge in [-0.1, -0.05) is 6.07 Å². The first-order valence-electron chi connectivity index (χ1n) is 6.10. The van der Waals surface area contributed by atoms with Crippen molar-refractivity contribution in [3.8, 4) is 6.01 Å². The monoisotopic (exact) mass is 279 g/mol. The summed E-state index contributed by atoms with van der Waals surface area (Å²) < 4.78 is 5.23. The van der Waals surface area contributed by atoms with Gasteiger partial charge < -0.3 is 15.8 Å². The number of aromatic nitrogens is 3. The molecule has 2 heterocycles. The molecular formula is C12H17N5OS. The molecule has 2 aromatic rings. The summed E-state index contributed by atoms with van der Waals surface area (Å²) in [6.07, 6.45) is 0.910. The molecule has 0 spiro atoms. The van der Waals surface area contributed by atoms with Gasteiger partial charge in [0.1, 0.15) is 0 Å².